The Hall–Kier alpha value is -2.51. The molecule has 0 unspecified atom stereocenters. The highest BCUT2D eigenvalue weighted by Gasteiger charge is 2.16. The third-order valence-corrected chi connectivity index (χ3v) is 1.70. The molecule has 0 aliphatic heterocycles. The Morgan fingerprint density at radius 3 is 2.00 bits per heavy atom. The van der Waals surface area contributed by atoms with Crippen molar-refractivity contribution in [3.63, 3.8) is 0 Å². The molecule has 0 fully saturated rings. The molecule has 0 aromatic heterocycles. The molecule has 1 aromatic rings. The Kier molecular flexibility index (Phi) is 3.49. The maximum atomic E-state index is 10.5. The van der Waals surface area contributed by atoms with Crippen LogP contribution in [-0.4, -0.2) is 16.3 Å². The van der Waals surface area contributed by atoms with Gasteiger partial charge in [0.05, 0.1) is 15.9 Å². The molecule has 0 aliphatic rings. The van der Waals surface area contributed by atoms with Gasteiger partial charge in [-0.3, -0.25) is 25.0 Å². The monoisotopic (exact) mass is 226 g/mol. The van der Waals surface area contributed by atoms with E-state index in [1.54, 1.807) is 0 Å². The van der Waals surface area contributed by atoms with Gasteiger partial charge in [-0.25, -0.2) is 0 Å². The van der Waals surface area contributed by atoms with Gasteiger partial charge in [0.15, 0.2) is 0 Å². The number of hydrogen-bond donors (Lipinski definition) is 0. The SMILES string of the molecule is O=COCc1cc([N+](=O)[O-])cc([N+](=O)[O-])c1. The van der Waals surface area contributed by atoms with E-state index >= 15 is 0 Å². The summed E-state index contributed by atoms with van der Waals surface area (Å²) in [5.74, 6) is 0. The first-order chi connectivity index (χ1) is 7.54. The predicted octanol–water partition coefficient (Wildman–Crippen LogP) is 1.18. The van der Waals surface area contributed by atoms with E-state index in [9.17, 15) is 25.0 Å². The minimum atomic E-state index is -0.753. The van der Waals surface area contributed by atoms with E-state index in [0.717, 1.165) is 18.2 Å². The zero-order valence-electron chi connectivity index (χ0n) is 7.86. The molecular weight excluding hydrogens is 220 g/mol. The van der Waals surface area contributed by atoms with E-state index in [0.29, 0.717) is 0 Å². The molecule has 84 valence electrons. The average molecular weight is 226 g/mol. The van der Waals surface area contributed by atoms with Crippen LogP contribution in [0.3, 0.4) is 0 Å². The predicted molar refractivity (Wildman–Crippen MR) is 50.6 cm³/mol. The summed E-state index contributed by atoms with van der Waals surface area (Å²) < 4.78 is 4.36. The number of carbonyl (C=O) groups is 1. The number of nitro groups is 2. The van der Waals surface area contributed by atoms with E-state index in [1.165, 1.54) is 0 Å². The van der Waals surface area contributed by atoms with Crippen molar-refractivity contribution < 1.29 is 19.4 Å². The summed E-state index contributed by atoms with van der Waals surface area (Å²) in [6, 6.07) is 3.05. The second-order valence-corrected chi connectivity index (χ2v) is 2.78. The molecule has 0 N–H and O–H groups in total. The standard InChI is InChI=1S/C8H6N2O6/c11-5-16-4-6-1-7(9(12)13)3-8(2-6)10(14)15/h1-3,5H,4H2. The van der Waals surface area contributed by atoms with Crippen LogP contribution in [0.5, 0.6) is 0 Å². The van der Waals surface area contributed by atoms with Gasteiger partial charge >= 0.3 is 0 Å². The Labute approximate surface area is 88.7 Å². The van der Waals surface area contributed by atoms with Crippen molar-refractivity contribution >= 4 is 17.8 Å². The van der Waals surface area contributed by atoms with Crippen molar-refractivity contribution in [2.75, 3.05) is 0 Å². The minimum absolute atomic E-state index is 0.157. The van der Waals surface area contributed by atoms with Gasteiger partial charge in [-0.1, -0.05) is 0 Å². The highest BCUT2D eigenvalue weighted by atomic mass is 16.6. The van der Waals surface area contributed by atoms with Gasteiger partial charge in [-0.05, 0) is 0 Å². The largest absolute Gasteiger partial charge is 0.463 e. The Morgan fingerprint density at radius 1 is 1.12 bits per heavy atom. The van der Waals surface area contributed by atoms with Crippen molar-refractivity contribution in [3.05, 3.63) is 44.0 Å². The van der Waals surface area contributed by atoms with Crippen LogP contribution in [0.4, 0.5) is 11.4 Å². The summed E-state index contributed by atoms with van der Waals surface area (Å²) in [5.41, 5.74) is -0.648. The quantitative estimate of drug-likeness (QED) is 0.423. The fourth-order valence-electron chi connectivity index (χ4n) is 1.08. The molecule has 0 saturated heterocycles. The lowest BCUT2D eigenvalue weighted by molar-refractivity contribution is -0.394. The normalized spacial score (nSPS) is 9.50. The highest BCUT2D eigenvalue weighted by molar-refractivity contribution is 5.47. The van der Waals surface area contributed by atoms with Gasteiger partial charge in [0, 0.05) is 17.7 Å². The summed E-state index contributed by atoms with van der Waals surface area (Å²) in [6.45, 7) is -0.0866. The molecule has 0 saturated carbocycles. The number of benzene rings is 1. The number of hydrogen-bond acceptors (Lipinski definition) is 6. The van der Waals surface area contributed by atoms with Gasteiger partial charge in [0.1, 0.15) is 6.61 Å². The Bertz CT molecular complexity index is 412. The zero-order valence-corrected chi connectivity index (χ0v) is 7.86. The molecule has 1 aromatic carbocycles. The van der Waals surface area contributed by atoms with Gasteiger partial charge in [-0.2, -0.15) is 0 Å². The maximum Gasteiger partial charge on any atom is 0.293 e. The fraction of sp³-hybridized carbons (Fsp3) is 0.125. The van der Waals surface area contributed by atoms with Crippen LogP contribution in [0.15, 0.2) is 18.2 Å². The lowest BCUT2D eigenvalue weighted by atomic mass is 10.2. The van der Waals surface area contributed by atoms with E-state index in [2.05, 4.69) is 4.74 Å². The van der Waals surface area contributed by atoms with Crippen LogP contribution in [-0.2, 0) is 16.1 Å². The zero-order chi connectivity index (χ0) is 12.1. The average Bonchev–Trinajstić information content (AvgIpc) is 2.25. The molecule has 0 spiro atoms. The van der Waals surface area contributed by atoms with Gasteiger partial charge in [-0.15, -0.1) is 0 Å². The maximum absolute atomic E-state index is 10.5. The molecule has 0 atom stereocenters. The summed E-state index contributed by atoms with van der Waals surface area (Å²) in [4.78, 5) is 29.4. The topological polar surface area (TPSA) is 113 Å². The first kappa shape index (κ1) is 11.6. The van der Waals surface area contributed by atoms with Crippen LogP contribution in [0, 0.1) is 20.2 Å². The molecule has 0 aliphatic carbocycles. The number of ether oxygens (including phenoxy) is 1. The van der Waals surface area contributed by atoms with Gasteiger partial charge in [0.25, 0.3) is 17.8 Å². The second-order valence-electron chi connectivity index (χ2n) is 2.78. The number of nitrogens with zero attached hydrogens (tertiary/aromatic N) is 2. The van der Waals surface area contributed by atoms with E-state index < -0.39 is 21.2 Å². The molecule has 1 rings (SSSR count). The molecule has 8 nitrogen and oxygen atoms in total. The molecular formula is C8H6N2O6. The van der Waals surface area contributed by atoms with Crippen molar-refractivity contribution in [2.24, 2.45) is 0 Å². The Balaban J connectivity index is 3.13. The van der Waals surface area contributed by atoms with Crippen LogP contribution >= 0.6 is 0 Å². The van der Waals surface area contributed by atoms with Crippen LogP contribution in [0.2, 0.25) is 0 Å². The summed E-state index contributed by atoms with van der Waals surface area (Å²) in [5, 5.41) is 20.9. The first-order valence-corrected chi connectivity index (χ1v) is 4.02. The Morgan fingerprint density at radius 2 is 1.62 bits per heavy atom. The second kappa shape index (κ2) is 4.82. The molecule has 0 radical (unpaired) electrons. The van der Waals surface area contributed by atoms with Crippen molar-refractivity contribution in [3.8, 4) is 0 Å². The summed E-state index contributed by atoms with van der Waals surface area (Å²) >= 11 is 0. The first-order valence-electron chi connectivity index (χ1n) is 4.02. The minimum Gasteiger partial charge on any atom is -0.463 e. The lowest BCUT2D eigenvalue weighted by Crippen LogP contribution is -1.97. The number of non-ortho nitro benzene ring substituents is 2. The van der Waals surface area contributed by atoms with E-state index in [4.69, 9.17) is 0 Å². The third-order valence-electron chi connectivity index (χ3n) is 1.70. The molecule has 0 bridgehead atoms. The molecule has 0 amide bonds. The van der Waals surface area contributed by atoms with Crippen LogP contribution < -0.4 is 0 Å². The van der Waals surface area contributed by atoms with Gasteiger partial charge < -0.3 is 4.74 Å². The highest BCUT2D eigenvalue weighted by Crippen LogP contribution is 2.22. The lowest BCUT2D eigenvalue weighted by Gasteiger charge is -1.99. The van der Waals surface area contributed by atoms with E-state index in [1.807, 2.05) is 0 Å². The number of rotatable bonds is 5. The summed E-state index contributed by atoms with van der Waals surface area (Å²) in [7, 11) is 0. The van der Waals surface area contributed by atoms with E-state index in [-0.39, 0.29) is 18.6 Å². The smallest absolute Gasteiger partial charge is 0.293 e. The third kappa shape index (κ3) is 2.74. The van der Waals surface area contributed by atoms with Crippen molar-refractivity contribution in [1.82, 2.24) is 0 Å². The van der Waals surface area contributed by atoms with Crippen LogP contribution in [0.25, 0.3) is 0 Å². The number of nitro benzene ring substituents is 2. The molecule has 16 heavy (non-hydrogen) atoms. The van der Waals surface area contributed by atoms with Crippen LogP contribution in [0.1, 0.15) is 5.56 Å². The number of carbonyl (C=O) groups excluding carboxylic acids is 1. The van der Waals surface area contributed by atoms with Crippen molar-refractivity contribution in [1.29, 1.82) is 0 Å². The fourth-order valence-corrected chi connectivity index (χ4v) is 1.08. The molecule has 8 heteroatoms. The molecule has 0 heterocycles. The summed E-state index contributed by atoms with van der Waals surface area (Å²) in [6.07, 6.45) is 0. The van der Waals surface area contributed by atoms with Gasteiger partial charge in [0.2, 0.25) is 0 Å². The van der Waals surface area contributed by atoms with Crippen molar-refractivity contribution in [2.45, 2.75) is 6.61 Å².